The predicted molar refractivity (Wildman–Crippen MR) is 107 cm³/mol. The summed E-state index contributed by atoms with van der Waals surface area (Å²) in [6.07, 6.45) is 5.19. The molecule has 4 rings (SSSR count). The van der Waals surface area contributed by atoms with E-state index >= 15 is 0 Å². The largest absolute Gasteiger partial charge is 0.303 e. The maximum absolute atomic E-state index is 12.7. The van der Waals surface area contributed by atoms with Crippen molar-refractivity contribution in [3.63, 3.8) is 0 Å². The number of piperidine rings is 1. The van der Waals surface area contributed by atoms with E-state index < -0.39 is 0 Å². The van der Waals surface area contributed by atoms with Crippen molar-refractivity contribution in [1.82, 2.24) is 4.90 Å². The van der Waals surface area contributed by atoms with E-state index in [1.54, 1.807) is 0 Å². The zero-order valence-electron chi connectivity index (χ0n) is 15.2. The van der Waals surface area contributed by atoms with E-state index in [-0.39, 0.29) is 5.78 Å². The Bertz CT molecular complexity index is 765. The van der Waals surface area contributed by atoms with Crippen LogP contribution in [0.4, 0.5) is 0 Å². The van der Waals surface area contributed by atoms with Gasteiger partial charge >= 0.3 is 0 Å². The summed E-state index contributed by atoms with van der Waals surface area (Å²) in [4.78, 5) is 15.2. The summed E-state index contributed by atoms with van der Waals surface area (Å²) >= 11 is 6.09. The smallest absolute Gasteiger partial charge is 0.163 e. The highest BCUT2D eigenvalue weighted by Gasteiger charge is 2.26. The van der Waals surface area contributed by atoms with Gasteiger partial charge in [-0.1, -0.05) is 48.0 Å². The molecule has 1 atom stereocenters. The normalized spacial score (nSPS) is 22.0. The minimum absolute atomic E-state index is 0.268. The van der Waals surface area contributed by atoms with Crippen LogP contribution in [0.25, 0.3) is 0 Å². The second kappa shape index (κ2) is 7.94. The molecule has 1 fully saturated rings. The number of ketones is 1. The van der Waals surface area contributed by atoms with E-state index in [1.165, 1.54) is 24.0 Å². The summed E-state index contributed by atoms with van der Waals surface area (Å²) in [6, 6.07) is 16.7. The number of benzene rings is 2. The quantitative estimate of drug-likeness (QED) is 0.681. The standard InChI is InChI=1S/C23H26ClNO/c24-21-9-8-20-7-6-17(14-23(26)22(20)15-21)16-25-12-10-19(11-13-25)18-4-2-1-3-5-18/h1-5,8-9,15,17,19H,6-7,10-14,16H2. The number of hydrogen-bond donors (Lipinski definition) is 0. The van der Waals surface area contributed by atoms with Gasteiger partial charge in [0.15, 0.2) is 5.78 Å². The van der Waals surface area contributed by atoms with Gasteiger partial charge in [0.25, 0.3) is 0 Å². The molecule has 0 bridgehead atoms. The monoisotopic (exact) mass is 367 g/mol. The maximum atomic E-state index is 12.7. The Hall–Kier alpha value is -1.64. The van der Waals surface area contributed by atoms with E-state index in [2.05, 4.69) is 35.2 Å². The summed E-state index contributed by atoms with van der Waals surface area (Å²) in [5.41, 5.74) is 3.50. The maximum Gasteiger partial charge on any atom is 0.163 e. The lowest BCUT2D eigenvalue weighted by Crippen LogP contribution is -2.37. The molecule has 3 heteroatoms. The molecular formula is C23H26ClNO. The predicted octanol–water partition coefficient (Wildman–Crippen LogP) is 5.35. The van der Waals surface area contributed by atoms with Crippen LogP contribution in [0, 0.1) is 5.92 Å². The van der Waals surface area contributed by atoms with Gasteiger partial charge in [0, 0.05) is 23.6 Å². The van der Waals surface area contributed by atoms with Gasteiger partial charge in [-0.2, -0.15) is 0 Å². The molecule has 1 heterocycles. The number of halogens is 1. The Balaban J connectivity index is 1.34. The molecule has 1 saturated heterocycles. The molecule has 0 aromatic heterocycles. The van der Waals surface area contributed by atoms with E-state index in [0.29, 0.717) is 23.3 Å². The molecule has 0 saturated carbocycles. The molecule has 1 aliphatic carbocycles. The molecule has 1 aliphatic heterocycles. The molecule has 0 N–H and O–H groups in total. The minimum Gasteiger partial charge on any atom is -0.303 e. The van der Waals surface area contributed by atoms with E-state index in [9.17, 15) is 4.79 Å². The molecule has 1 unspecified atom stereocenters. The molecule has 0 spiro atoms. The number of carbonyl (C=O) groups is 1. The third kappa shape index (κ3) is 4.02. The van der Waals surface area contributed by atoms with Gasteiger partial charge in [0.2, 0.25) is 0 Å². The van der Waals surface area contributed by atoms with Crippen LogP contribution in [0.3, 0.4) is 0 Å². The number of aryl methyl sites for hydroxylation is 1. The van der Waals surface area contributed by atoms with Crippen LogP contribution in [0.5, 0.6) is 0 Å². The number of rotatable bonds is 3. The molecule has 0 amide bonds. The second-order valence-corrected chi connectivity index (χ2v) is 8.26. The van der Waals surface area contributed by atoms with Crippen molar-refractivity contribution in [2.75, 3.05) is 19.6 Å². The first-order valence-electron chi connectivity index (χ1n) is 9.78. The van der Waals surface area contributed by atoms with Gasteiger partial charge in [0.05, 0.1) is 0 Å². The summed E-state index contributed by atoms with van der Waals surface area (Å²) in [5.74, 6) is 1.42. The van der Waals surface area contributed by atoms with Crippen molar-refractivity contribution < 1.29 is 4.79 Å². The average molecular weight is 368 g/mol. The first-order valence-corrected chi connectivity index (χ1v) is 10.2. The van der Waals surface area contributed by atoms with Crippen molar-refractivity contribution in [3.8, 4) is 0 Å². The highest BCUT2D eigenvalue weighted by Crippen LogP contribution is 2.31. The van der Waals surface area contributed by atoms with Crippen LogP contribution in [-0.4, -0.2) is 30.3 Å². The lowest BCUT2D eigenvalue weighted by Gasteiger charge is -2.34. The molecule has 2 aromatic carbocycles. The van der Waals surface area contributed by atoms with Crippen molar-refractivity contribution in [3.05, 3.63) is 70.2 Å². The molecular weight excluding hydrogens is 342 g/mol. The van der Waals surface area contributed by atoms with E-state index in [0.717, 1.165) is 38.0 Å². The molecule has 0 radical (unpaired) electrons. The minimum atomic E-state index is 0.268. The molecule has 2 nitrogen and oxygen atoms in total. The van der Waals surface area contributed by atoms with Gasteiger partial charge in [-0.3, -0.25) is 4.79 Å². The highest BCUT2D eigenvalue weighted by atomic mass is 35.5. The molecule has 2 aliphatic rings. The summed E-state index contributed by atoms with van der Waals surface area (Å²) < 4.78 is 0. The number of likely N-dealkylation sites (tertiary alicyclic amines) is 1. The third-order valence-electron chi connectivity index (χ3n) is 6.04. The topological polar surface area (TPSA) is 20.3 Å². The van der Waals surface area contributed by atoms with E-state index in [4.69, 9.17) is 11.6 Å². The van der Waals surface area contributed by atoms with Crippen LogP contribution < -0.4 is 0 Å². The fourth-order valence-electron chi connectivity index (χ4n) is 4.56. The van der Waals surface area contributed by atoms with Gasteiger partial charge in [-0.15, -0.1) is 0 Å². The number of Topliss-reactive ketones (excluding diaryl/α,β-unsaturated/α-hetero) is 1. The van der Waals surface area contributed by atoms with E-state index in [1.807, 2.05) is 18.2 Å². The Morgan fingerprint density at radius 1 is 1.00 bits per heavy atom. The first-order chi connectivity index (χ1) is 12.7. The van der Waals surface area contributed by atoms with Gasteiger partial charge in [-0.05, 0) is 73.9 Å². The molecule has 26 heavy (non-hydrogen) atoms. The van der Waals surface area contributed by atoms with Crippen molar-refractivity contribution in [2.45, 2.75) is 38.0 Å². The fraction of sp³-hybridized carbons (Fsp3) is 0.435. The lowest BCUT2D eigenvalue weighted by atomic mass is 9.88. The summed E-state index contributed by atoms with van der Waals surface area (Å²) in [6.45, 7) is 3.33. The van der Waals surface area contributed by atoms with Crippen LogP contribution >= 0.6 is 11.6 Å². The van der Waals surface area contributed by atoms with Gasteiger partial charge < -0.3 is 4.90 Å². The van der Waals surface area contributed by atoms with Crippen LogP contribution in [0.15, 0.2) is 48.5 Å². The van der Waals surface area contributed by atoms with Crippen molar-refractivity contribution >= 4 is 17.4 Å². The van der Waals surface area contributed by atoms with Crippen LogP contribution in [-0.2, 0) is 6.42 Å². The van der Waals surface area contributed by atoms with Crippen molar-refractivity contribution in [1.29, 1.82) is 0 Å². The number of nitrogens with zero attached hydrogens (tertiary/aromatic N) is 1. The number of carbonyl (C=O) groups excluding carboxylic acids is 1. The third-order valence-corrected chi connectivity index (χ3v) is 6.28. The molecule has 2 aromatic rings. The summed E-state index contributed by atoms with van der Waals surface area (Å²) in [7, 11) is 0. The van der Waals surface area contributed by atoms with Crippen LogP contribution in [0.2, 0.25) is 5.02 Å². The first kappa shape index (κ1) is 17.8. The average Bonchev–Trinajstić information content (AvgIpc) is 2.82. The Kier molecular flexibility index (Phi) is 5.42. The Morgan fingerprint density at radius 2 is 1.77 bits per heavy atom. The van der Waals surface area contributed by atoms with Crippen LogP contribution in [0.1, 0.15) is 53.1 Å². The summed E-state index contributed by atoms with van der Waals surface area (Å²) in [5, 5.41) is 0.665. The fourth-order valence-corrected chi connectivity index (χ4v) is 4.73. The lowest BCUT2D eigenvalue weighted by molar-refractivity contribution is 0.0941. The second-order valence-electron chi connectivity index (χ2n) is 7.82. The number of fused-ring (bicyclic) bond motifs is 1. The zero-order valence-corrected chi connectivity index (χ0v) is 15.9. The SMILES string of the molecule is O=C1CC(CN2CCC(c3ccccc3)CC2)CCc2ccc(Cl)cc21. The Morgan fingerprint density at radius 3 is 2.54 bits per heavy atom. The van der Waals surface area contributed by atoms with Crippen molar-refractivity contribution in [2.24, 2.45) is 5.92 Å². The zero-order chi connectivity index (χ0) is 17.9. The van der Waals surface area contributed by atoms with Gasteiger partial charge in [0.1, 0.15) is 0 Å². The van der Waals surface area contributed by atoms with Gasteiger partial charge in [-0.25, -0.2) is 0 Å². The highest BCUT2D eigenvalue weighted by molar-refractivity contribution is 6.31. The Labute approximate surface area is 161 Å². The molecule has 136 valence electrons. The number of hydrogen-bond acceptors (Lipinski definition) is 2.